The predicted molar refractivity (Wildman–Crippen MR) is 103 cm³/mol. The van der Waals surface area contributed by atoms with Crippen LogP contribution in [0, 0.1) is 0 Å². The van der Waals surface area contributed by atoms with Gasteiger partial charge in [-0.25, -0.2) is 4.98 Å². The van der Waals surface area contributed by atoms with Crippen molar-refractivity contribution in [3.05, 3.63) is 71.5 Å². The summed E-state index contributed by atoms with van der Waals surface area (Å²) in [6.07, 6.45) is 2.76. The van der Waals surface area contributed by atoms with Crippen LogP contribution < -0.4 is 4.90 Å². The summed E-state index contributed by atoms with van der Waals surface area (Å²) in [5, 5.41) is 7.82. The molecule has 0 radical (unpaired) electrons. The number of nitrogens with zero attached hydrogens (tertiary/aromatic N) is 3. The average molecular weight is 364 g/mol. The molecule has 1 amide bonds. The maximum Gasteiger partial charge on any atom is 0.237 e. The number of H-pyrrole nitrogens is 1. The molecule has 0 saturated heterocycles. The van der Waals surface area contributed by atoms with Crippen LogP contribution in [-0.2, 0) is 17.6 Å². The van der Waals surface area contributed by atoms with E-state index in [0.717, 1.165) is 30.9 Å². The summed E-state index contributed by atoms with van der Waals surface area (Å²) >= 11 is 1.38. The third-order valence-corrected chi connectivity index (χ3v) is 5.29. The van der Waals surface area contributed by atoms with Gasteiger partial charge in [0.05, 0.1) is 5.75 Å². The van der Waals surface area contributed by atoms with Gasteiger partial charge in [0.25, 0.3) is 0 Å². The molecule has 1 aromatic heterocycles. The number of amides is 1. The Bertz CT molecular complexity index is 894. The van der Waals surface area contributed by atoms with Gasteiger partial charge in [-0.05, 0) is 30.0 Å². The second-order valence-electron chi connectivity index (χ2n) is 6.29. The average Bonchev–Trinajstić information content (AvgIpc) is 3.14. The van der Waals surface area contributed by atoms with Crippen molar-refractivity contribution in [2.24, 2.45) is 0 Å². The minimum Gasteiger partial charge on any atom is -0.311 e. The van der Waals surface area contributed by atoms with Crippen LogP contribution in [0.4, 0.5) is 5.69 Å². The Morgan fingerprint density at radius 2 is 1.92 bits per heavy atom. The second-order valence-corrected chi connectivity index (χ2v) is 7.24. The maximum atomic E-state index is 12.7. The van der Waals surface area contributed by atoms with Crippen molar-refractivity contribution >= 4 is 23.4 Å². The van der Waals surface area contributed by atoms with Crippen LogP contribution in [0.1, 0.15) is 23.4 Å². The fourth-order valence-electron chi connectivity index (χ4n) is 3.21. The molecule has 26 heavy (non-hydrogen) atoms. The summed E-state index contributed by atoms with van der Waals surface area (Å²) in [5.41, 5.74) is 3.48. The molecule has 0 atom stereocenters. The number of fused-ring (bicyclic) bond motifs is 1. The highest BCUT2D eigenvalue weighted by atomic mass is 32.2. The minimum atomic E-state index is 0.108. The lowest BCUT2D eigenvalue weighted by molar-refractivity contribution is -0.116. The number of hydrogen-bond donors (Lipinski definition) is 1. The molecule has 0 fully saturated rings. The van der Waals surface area contributed by atoms with Crippen LogP contribution in [0.5, 0.6) is 0 Å². The van der Waals surface area contributed by atoms with Crippen molar-refractivity contribution in [3.63, 3.8) is 0 Å². The van der Waals surface area contributed by atoms with E-state index in [9.17, 15) is 4.79 Å². The number of anilines is 1. The number of rotatable bonds is 5. The fourth-order valence-corrected chi connectivity index (χ4v) is 3.90. The molecular formula is C20H20N4OS. The molecule has 0 unspecified atom stereocenters. The van der Waals surface area contributed by atoms with E-state index in [0.29, 0.717) is 17.3 Å². The molecule has 0 bridgehead atoms. The second kappa shape index (κ2) is 7.74. The minimum absolute atomic E-state index is 0.108. The van der Waals surface area contributed by atoms with E-state index in [4.69, 9.17) is 0 Å². The van der Waals surface area contributed by atoms with E-state index in [1.54, 1.807) is 0 Å². The number of aryl methyl sites for hydroxylation is 1. The van der Waals surface area contributed by atoms with Crippen molar-refractivity contribution in [3.8, 4) is 0 Å². The van der Waals surface area contributed by atoms with E-state index >= 15 is 0 Å². The highest BCUT2D eigenvalue weighted by molar-refractivity contribution is 7.99. The smallest absolute Gasteiger partial charge is 0.237 e. The first kappa shape index (κ1) is 16.8. The van der Waals surface area contributed by atoms with Crippen molar-refractivity contribution in [1.29, 1.82) is 0 Å². The van der Waals surface area contributed by atoms with Crippen molar-refractivity contribution in [2.45, 2.75) is 24.4 Å². The maximum absolute atomic E-state index is 12.7. The number of aromatic amines is 1. The third kappa shape index (κ3) is 3.80. The lowest BCUT2D eigenvalue weighted by atomic mass is 10.0. The summed E-state index contributed by atoms with van der Waals surface area (Å²) in [6, 6.07) is 18.3. The Morgan fingerprint density at radius 1 is 1.12 bits per heavy atom. The Hall–Kier alpha value is -2.60. The van der Waals surface area contributed by atoms with Gasteiger partial charge in [0.1, 0.15) is 5.82 Å². The monoisotopic (exact) mass is 364 g/mol. The Labute approximate surface area is 156 Å². The molecule has 2 aromatic carbocycles. The molecule has 3 aromatic rings. The zero-order valence-corrected chi connectivity index (χ0v) is 15.2. The van der Waals surface area contributed by atoms with Gasteiger partial charge in [-0.2, -0.15) is 0 Å². The van der Waals surface area contributed by atoms with Gasteiger partial charge in [0.15, 0.2) is 0 Å². The molecule has 132 valence electrons. The molecule has 0 spiro atoms. The number of nitrogens with one attached hydrogen (secondary N) is 1. The van der Waals surface area contributed by atoms with Crippen LogP contribution in [0.2, 0.25) is 0 Å². The molecule has 0 aliphatic carbocycles. The first-order valence-corrected chi connectivity index (χ1v) is 9.74. The third-order valence-electron chi connectivity index (χ3n) is 4.46. The van der Waals surface area contributed by atoms with Gasteiger partial charge in [0, 0.05) is 18.7 Å². The van der Waals surface area contributed by atoms with Gasteiger partial charge in [-0.1, -0.05) is 60.3 Å². The van der Waals surface area contributed by atoms with Crippen molar-refractivity contribution in [2.75, 3.05) is 17.2 Å². The van der Waals surface area contributed by atoms with Gasteiger partial charge in [0.2, 0.25) is 11.1 Å². The zero-order valence-electron chi connectivity index (χ0n) is 14.4. The highest BCUT2D eigenvalue weighted by Gasteiger charge is 2.22. The number of hydrogen-bond acceptors (Lipinski definition) is 4. The normalized spacial score (nSPS) is 13.5. The molecule has 0 saturated carbocycles. The SMILES string of the molecule is O=C(CSc1n[nH]c(Cc2ccccc2)n1)N1CCCc2ccccc21. The molecular weight excluding hydrogens is 344 g/mol. The molecule has 6 heteroatoms. The van der Waals surface area contributed by atoms with E-state index in [-0.39, 0.29) is 5.91 Å². The quantitative estimate of drug-likeness (QED) is 0.704. The van der Waals surface area contributed by atoms with Gasteiger partial charge < -0.3 is 4.90 Å². The first-order chi connectivity index (χ1) is 12.8. The topological polar surface area (TPSA) is 61.9 Å². The number of aromatic nitrogens is 3. The van der Waals surface area contributed by atoms with Crippen LogP contribution in [0.15, 0.2) is 59.8 Å². The Balaban J connectivity index is 1.37. The summed E-state index contributed by atoms with van der Waals surface area (Å²) in [5.74, 6) is 1.27. The molecule has 2 heterocycles. The van der Waals surface area contributed by atoms with Gasteiger partial charge in [-0.3, -0.25) is 9.89 Å². The molecule has 4 rings (SSSR count). The molecule has 1 N–H and O–H groups in total. The van der Waals surface area contributed by atoms with Gasteiger partial charge >= 0.3 is 0 Å². The van der Waals surface area contributed by atoms with E-state index in [2.05, 4.69) is 33.4 Å². The van der Waals surface area contributed by atoms with Crippen molar-refractivity contribution < 1.29 is 4.79 Å². The van der Waals surface area contributed by atoms with Crippen LogP contribution in [0.3, 0.4) is 0 Å². The number of benzene rings is 2. The number of thioether (sulfide) groups is 1. The zero-order chi connectivity index (χ0) is 17.8. The number of carbonyl (C=O) groups is 1. The van der Waals surface area contributed by atoms with E-state index < -0.39 is 0 Å². The lowest BCUT2D eigenvalue weighted by Crippen LogP contribution is -2.36. The van der Waals surface area contributed by atoms with Gasteiger partial charge in [-0.15, -0.1) is 5.10 Å². The highest BCUT2D eigenvalue weighted by Crippen LogP contribution is 2.27. The molecule has 5 nitrogen and oxygen atoms in total. The predicted octanol–water partition coefficient (Wildman–Crippen LogP) is 3.47. The van der Waals surface area contributed by atoms with Crippen molar-refractivity contribution in [1.82, 2.24) is 15.2 Å². The summed E-state index contributed by atoms with van der Waals surface area (Å²) in [7, 11) is 0. The molecule has 1 aliphatic rings. The summed E-state index contributed by atoms with van der Waals surface area (Å²) in [6.45, 7) is 0.781. The van der Waals surface area contributed by atoms with Crippen LogP contribution in [0.25, 0.3) is 0 Å². The fraction of sp³-hybridized carbons (Fsp3) is 0.250. The largest absolute Gasteiger partial charge is 0.311 e. The van der Waals surface area contributed by atoms with Crippen LogP contribution in [-0.4, -0.2) is 33.4 Å². The lowest BCUT2D eigenvalue weighted by Gasteiger charge is -2.29. The Morgan fingerprint density at radius 3 is 2.81 bits per heavy atom. The van der Waals surface area contributed by atoms with E-state index in [1.807, 2.05) is 41.3 Å². The van der Waals surface area contributed by atoms with Crippen LogP contribution >= 0.6 is 11.8 Å². The Kier molecular flexibility index (Phi) is 5.02. The summed E-state index contributed by atoms with van der Waals surface area (Å²) < 4.78 is 0. The summed E-state index contributed by atoms with van der Waals surface area (Å²) in [4.78, 5) is 19.1. The number of carbonyl (C=O) groups excluding carboxylic acids is 1. The first-order valence-electron chi connectivity index (χ1n) is 8.76. The number of para-hydroxylation sites is 1. The van der Waals surface area contributed by atoms with E-state index in [1.165, 1.54) is 22.9 Å². The standard InChI is InChI=1S/C20H20N4OS/c25-19(24-12-6-10-16-9-4-5-11-17(16)24)14-26-20-21-18(22-23-20)13-15-7-2-1-3-8-15/h1-5,7-9,11H,6,10,12-14H2,(H,21,22,23). The molecule has 1 aliphatic heterocycles.